The molecule has 0 unspecified atom stereocenters. The molecule has 0 aromatic heterocycles. The lowest BCUT2D eigenvalue weighted by Gasteiger charge is -2.37. The van der Waals surface area contributed by atoms with Gasteiger partial charge in [-0.15, -0.1) is 0 Å². The van der Waals surface area contributed by atoms with Gasteiger partial charge in [0.15, 0.2) is 0 Å². The molecule has 24 heavy (non-hydrogen) atoms. The Kier molecular flexibility index (Phi) is 4.76. The average molecular weight is 330 g/mol. The minimum atomic E-state index is -0.348. The number of nitrogens with zero attached hydrogens (tertiary/aromatic N) is 2. The predicted octanol–water partition coefficient (Wildman–Crippen LogP) is 2.56. The van der Waals surface area contributed by atoms with Crippen LogP contribution in [-0.4, -0.2) is 48.6 Å². The first-order valence-corrected chi connectivity index (χ1v) is 8.70. The number of hydrogen-bond donors (Lipinski definition) is 2. The molecule has 1 aromatic carbocycles. The van der Waals surface area contributed by atoms with E-state index < -0.39 is 0 Å². The van der Waals surface area contributed by atoms with E-state index in [0.29, 0.717) is 12.1 Å². The molecule has 2 aliphatic rings. The molecule has 0 saturated carbocycles. The van der Waals surface area contributed by atoms with Gasteiger partial charge in [-0.05, 0) is 37.2 Å². The van der Waals surface area contributed by atoms with Crippen LogP contribution in [0.5, 0.6) is 0 Å². The zero-order valence-electron chi connectivity index (χ0n) is 14.3. The number of carbonyl (C=O) groups is 1. The summed E-state index contributed by atoms with van der Waals surface area (Å²) < 4.78 is 5.78. The van der Waals surface area contributed by atoms with Crippen molar-refractivity contribution in [3.8, 4) is 0 Å². The molecule has 0 atom stereocenters. The van der Waals surface area contributed by atoms with Crippen molar-refractivity contribution in [2.75, 3.05) is 31.1 Å². The molecule has 2 aliphatic heterocycles. The van der Waals surface area contributed by atoms with Gasteiger partial charge in [0.2, 0.25) is 0 Å². The summed E-state index contributed by atoms with van der Waals surface area (Å²) in [6.07, 6.45) is 3.95. The van der Waals surface area contributed by atoms with E-state index in [-0.39, 0.29) is 17.5 Å². The highest BCUT2D eigenvalue weighted by molar-refractivity contribution is 5.96. The molecule has 130 valence electrons. The van der Waals surface area contributed by atoms with Gasteiger partial charge in [-0.1, -0.05) is 13.3 Å². The number of ether oxygens (including phenoxy) is 1. The maximum atomic E-state index is 12.3. The van der Waals surface area contributed by atoms with Crippen LogP contribution in [0.3, 0.4) is 0 Å². The summed E-state index contributed by atoms with van der Waals surface area (Å²) in [5.74, 6) is 0.0291. The molecule has 0 radical (unpaired) electrons. The Morgan fingerprint density at radius 2 is 1.96 bits per heavy atom. The first-order chi connectivity index (χ1) is 11.5. The Morgan fingerprint density at radius 1 is 1.29 bits per heavy atom. The third-order valence-electron chi connectivity index (χ3n) is 5.06. The largest absolute Gasteiger partial charge is 0.441 e. The number of anilines is 1. The highest BCUT2D eigenvalue weighted by atomic mass is 16.6. The van der Waals surface area contributed by atoms with Crippen molar-refractivity contribution in [3.05, 3.63) is 29.8 Å². The average Bonchev–Trinajstić information content (AvgIpc) is 2.91. The van der Waals surface area contributed by atoms with Gasteiger partial charge in [-0.25, -0.2) is 4.79 Å². The van der Waals surface area contributed by atoms with E-state index in [4.69, 9.17) is 15.9 Å². The molecule has 1 amide bonds. The molecule has 0 aliphatic carbocycles. The maximum Gasteiger partial charge on any atom is 0.415 e. The molecule has 2 fully saturated rings. The second-order valence-corrected chi connectivity index (χ2v) is 6.79. The first-order valence-electron chi connectivity index (χ1n) is 8.70. The van der Waals surface area contributed by atoms with Crippen molar-refractivity contribution in [1.82, 2.24) is 4.90 Å². The molecule has 3 rings (SSSR count). The number of benzene rings is 1. The van der Waals surface area contributed by atoms with Gasteiger partial charge in [0.1, 0.15) is 11.4 Å². The van der Waals surface area contributed by atoms with E-state index in [9.17, 15) is 4.79 Å². The van der Waals surface area contributed by atoms with Crippen LogP contribution < -0.4 is 10.6 Å². The fourth-order valence-electron chi connectivity index (χ4n) is 3.47. The lowest BCUT2D eigenvalue weighted by molar-refractivity contribution is 0.000766. The fourth-order valence-corrected chi connectivity index (χ4v) is 3.47. The second-order valence-electron chi connectivity index (χ2n) is 6.79. The van der Waals surface area contributed by atoms with E-state index in [1.165, 1.54) is 12.8 Å². The summed E-state index contributed by atoms with van der Waals surface area (Å²) in [7, 11) is 0. The normalized spacial score (nSPS) is 20.4. The van der Waals surface area contributed by atoms with Gasteiger partial charge in [0, 0.05) is 37.2 Å². The van der Waals surface area contributed by atoms with Gasteiger partial charge in [-0.2, -0.15) is 0 Å². The number of amides is 1. The SMILES string of the molecule is CCCCN1CCC2(CC1)CN(c1ccc(C(=N)N)cc1)C(=O)O2. The number of likely N-dealkylation sites (tertiary alicyclic amines) is 1. The number of nitrogen functional groups attached to an aromatic ring is 1. The quantitative estimate of drug-likeness (QED) is 0.642. The van der Waals surface area contributed by atoms with Gasteiger partial charge < -0.3 is 15.4 Å². The monoisotopic (exact) mass is 330 g/mol. The topological polar surface area (TPSA) is 82.7 Å². The second kappa shape index (κ2) is 6.81. The zero-order chi connectivity index (χ0) is 17.2. The number of unbranched alkanes of at least 4 members (excludes halogenated alkanes) is 1. The van der Waals surface area contributed by atoms with Crippen molar-refractivity contribution in [2.24, 2.45) is 5.73 Å². The molecular weight excluding hydrogens is 304 g/mol. The van der Waals surface area contributed by atoms with Crippen LogP contribution in [0.1, 0.15) is 38.2 Å². The summed E-state index contributed by atoms with van der Waals surface area (Å²) in [5, 5.41) is 7.45. The number of nitrogens with two attached hydrogens (primary N) is 1. The summed E-state index contributed by atoms with van der Waals surface area (Å²) in [4.78, 5) is 16.5. The van der Waals surface area contributed by atoms with Crippen LogP contribution in [0.25, 0.3) is 0 Å². The van der Waals surface area contributed by atoms with Crippen molar-refractivity contribution < 1.29 is 9.53 Å². The third-order valence-corrected chi connectivity index (χ3v) is 5.06. The Labute approximate surface area is 143 Å². The van der Waals surface area contributed by atoms with E-state index in [1.807, 2.05) is 12.1 Å². The van der Waals surface area contributed by atoms with Crippen molar-refractivity contribution in [3.63, 3.8) is 0 Å². The van der Waals surface area contributed by atoms with E-state index in [2.05, 4.69) is 11.8 Å². The highest BCUT2D eigenvalue weighted by Crippen LogP contribution is 2.35. The van der Waals surface area contributed by atoms with Gasteiger partial charge >= 0.3 is 6.09 Å². The summed E-state index contributed by atoms with van der Waals surface area (Å²) in [5.41, 5.74) is 6.59. The fraction of sp³-hybridized carbons (Fsp3) is 0.556. The van der Waals surface area contributed by atoms with Crippen molar-refractivity contribution in [1.29, 1.82) is 5.41 Å². The zero-order valence-corrected chi connectivity index (χ0v) is 14.3. The van der Waals surface area contributed by atoms with Crippen LogP contribution in [0.15, 0.2) is 24.3 Å². The van der Waals surface area contributed by atoms with Crippen molar-refractivity contribution in [2.45, 2.75) is 38.2 Å². The standard InChI is InChI=1S/C18H26N4O2/c1-2-3-10-21-11-8-18(9-12-21)13-22(17(23)24-18)15-6-4-14(5-7-15)16(19)20/h4-7H,2-3,8-13H2,1H3,(H3,19,20). The lowest BCUT2D eigenvalue weighted by Crippen LogP contribution is -2.47. The number of amidine groups is 1. The third kappa shape index (κ3) is 3.38. The van der Waals surface area contributed by atoms with Crippen LogP contribution in [-0.2, 0) is 4.74 Å². The lowest BCUT2D eigenvalue weighted by atomic mass is 9.91. The molecular formula is C18H26N4O2. The Balaban J connectivity index is 1.64. The van der Waals surface area contributed by atoms with Gasteiger partial charge in [-0.3, -0.25) is 10.3 Å². The number of rotatable bonds is 5. The van der Waals surface area contributed by atoms with Gasteiger partial charge in [0.25, 0.3) is 0 Å². The number of nitrogens with one attached hydrogen (secondary N) is 1. The molecule has 6 heteroatoms. The summed E-state index contributed by atoms with van der Waals surface area (Å²) in [6, 6.07) is 7.19. The van der Waals surface area contributed by atoms with E-state index in [0.717, 1.165) is 38.2 Å². The number of piperidine rings is 1. The Bertz CT molecular complexity index is 606. The van der Waals surface area contributed by atoms with Gasteiger partial charge in [0.05, 0.1) is 6.54 Å². The molecule has 6 nitrogen and oxygen atoms in total. The first kappa shape index (κ1) is 16.8. The predicted molar refractivity (Wildman–Crippen MR) is 94.6 cm³/mol. The van der Waals surface area contributed by atoms with Crippen LogP contribution in [0.2, 0.25) is 0 Å². The maximum absolute atomic E-state index is 12.3. The van der Waals surface area contributed by atoms with Crippen molar-refractivity contribution >= 4 is 17.6 Å². The Morgan fingerprint density at radius 3 is 2.54 bits per heavy atom. The smallest absolute Gasteiger partial charge is 0.415 e. The van der Waals surface area contributed by atoms with Crippen LogP contribution in [0, 0.1) is 5.41 Å². The van der Waals surface area contributed by atoms with Crippen LogP contribution >= 0.6 is 0 Å². The highest BCUT2D eigenvalue weighted by Gasteiger charge is 2.47. The number of hydrogen-bond acceptors (Lipinski definition) is 4. The van der Waals surface area contributed by atoms with Crippen LogP contribution in [0.4, 0.5) is 10.5 Å². The van der Waals surface area contributed by atoms with E-state index >= 15 is 0 Å². The van der Waals surface area contributed by atoms with E-state index in [1.54, 1.807) is 17.0 Å². The Hall–Kier alpha value is -2.08. The minimum absolute atomic E-state index is 0.0291. The summed E-state index contributed by atoms with van der Waals surface area (Å²) >= 11 is 0. The summed E-state index contributed by atoms with van der Waals surface area (Å²) in [6.45, 7) is 5.93. The number of carbonyl (C=O) groups excluding carboxylic acids is 1. The molecule has 0 bridgehead atoms. The molecule has 2 heterocycles. The molecule has 1 aromatic rings. The molecule has 3 N–H and O–H groups in total. The molecule has 2 saturated heterocycles. The molecule has 1 spiro atoms. The minimum Gasteiger partial charge on any atom is -0.441 e.